The van der Waals surface area contributed by atoms with Crippen LogP contribution in [0.1, 0.15) is 16.1 Å². The second kappa shape index (κ2) is 5.58. The Kier molecular flexibility index (Phi) is 4.04. The fourth-order valence-corrected chi connectivity index (χ4v) is 3.54. The summed E-state index contributed by atoms with van der Waals surface area (Å²) in [6, 6.07) is 5.96. The third-order valence-electron chi connectivity index (χ3n) is 2.68. The van der Waals surface area contributed by atoms with Crippen molar-refractivity contribution in [3.05, 3.63) is 39.8 Å². The van der Waals surface area contributed by atoms with Crippen molar-refractivity contribution in [3.63, 3.8) is 0 Å². The van der Waals surface area contributed by atoms with Gasteiger partial charge in [0, 0.05) is 17.1 Å². The van der Waals surface area contributed by atoms with Crippen LogP contribution in [-0.2, 0) is 16.6 Å². The van der Waals surface area contributed by atoms with Gasteiger partial charge in [0.05, 0.1) is 21.7 Å². The summed E-state index contributed by atoms with van der Waals surface area (Å²) in [5.74, 6) is 0. The monoisotopic (exact) mass is 308 g/mol. The molecule has 2 rings (SSSR count). The molecule has 0 bridgehead atoms. The fraction of sp³-hybridized carbons (Fsp3) is 0.167. The molecule has 0 atom stereocenters. The average Bonchev–Trinajstić information content (AvgIpc) is 2.81. The molecular weight excluding hydrogens is 296 g/mol. The van der Waals surface area contributed by atoms with Crippen molar-refractivity contribution in [2.45, 2.75) is 18.4 Å². The molecular formula is C12H12N4O2S2. The molecule has 0 unspecified atom stereocenters. The van der Waals surface area contributed by atoms with Crippen LogP contribution < -0.4 is 10.5 Å². The number of hydrogen-bond donors (Lipinski definition) is 2. The van der Waals surface area contributed by atoms with Crippen LogP contribution in [0.4, 0.5) is 5.69 Å². The molecule has 104 valence electrons. The number of nitrogens with one attached hydrogen (secondary N) is 1. The number of anilines is 1. The number of thiazole rings is 1. The van der Waals surface area contributed by atoms with Gasteiger partial charge in [-0.25, -0.2) is 18.1 Å². The number of nitrogen functional groups attached to an aromatic ring is 1. The lowest BCUT2D eigenvalue weighted by Gasteiger charge is -2.08. The lowest BCUT2D eigenvalue weighted by molar-refractivity contribution is 0.581. The maximum absolute atomic E-state index is 12.2. The number of benzene rings is 1. The summed E-state index contributed by atoms with van der Waals surface area (Å²) >= 11 is 1.37. The minimum atomic E-state index is -3.76. The Labute approximate surface area is 120 Å². The second-order valence-corrected chi connectivity index (χ2v) is 6.73. The van der Waals surface area contributed by atoms with E-state index in [1.165, 1.54) is 29.5 Å². The number of nitriles is 1. The zero-order valence-corrected chi connectivity index (χ0v) is 12.3. The summed E-state index contributed by atoms with van der Waals surface area (Å²) in [6.07, 6.45) is 0. The van der Waals surface area contributed by atoms with Crippen LogP contribution in [0.3, 0.4) is 0 Å². The molecule has 0 fully saturated rings. The summed E-state index contributed by atoms with van der Waals surface area (Å²) in [4.78, 5) is 4.81. The minimum absolute atomic E-state index is 0.0264. The molecule has 0 spiro atoms. The van der Waals surface area contributed by atoms with Gasteiger partial charge in [-0.15, -0.1) is 11.3 Å². The molecule has 8 heteroatoms. The van der Waals surface area contributed by atoms with Crippen molar-refractivity contribution in [2.24, 2.45) is 0 Å². The zero-order valence-electron chi connectivity index (χ0n) is 10.6. The van der Waals surface area contributed by atoms with Crippen molar-refractivity contribution in [2.75, 3.05) is 5.73 Å². The number of sulfonamides is 1. The summed E-state index contributed by atoms with van der Waals surface area (Å²) in [6.45, 7) is 1.96. The normalized spacial score (nSPS) is 11.2. The van der Waals surface area contributed by atoms with E-state index in [-0.39, 0.29) is 17.0 Å². The Balaban J connectivity index is 2.28. The Morgan fingerprint density at radius 2 is 2.25 bits per heavy atom. The van der Waals surface area contributed by atoms with E-state index < -0.39 is 10.0 Å². The third kappa shape index (κ3) is 2.96. The molecule has 20 heavy (non-hydrogen) atoms. The second-order valence-electron chi connectivity index (χ2n) is 4.05. The largest absolute Gasteiger partial charge is 0.399 e. The highest BCUT2D eigenvalue weighted by Gasteiger charge is 2.19. The van der Waals surface area contributed by atoms with Gasteiger partial charge in [-0.2, -0.15) is 5.26 Å². The first-order chi connectivity index (χ1) is 9.44. The minimum Gasteiger partial charge on any atom is -0.399 e. The van der Waals surface area contributed by atoms with E-state index in [4.69, 9.17) is 11.0 Å². The highest BCUT2D eigenvalue weighted by molar-refractivity contribution is 7.89. The molecule has 1 heterocycles. The van der Waals surface area contributed by atoms with Crippen molar-refractivity contribution >= 4 is 27.0 Å². The quantitative estimate of drug-likeness (QED) is 0.829. The molecule has 6 nitrogen and oxygen atoms in total. The van der Waals surface area contributed by atoms with E-state index >= 15 is 0 Å². The van der Waals surface area contributed by atoms with Gasteiger partial charge < -0.3 is 5.73 Å². The summed E-state index contributed by atoms with van der Waals surface area (Å²) in [7, 11) is -3.76. The topological polar surface area (TPSA) is 109 Å². The van der Waals surface area contributed by atoms with E-state index in [0.717, 1.165) is 10.6 Å². The van der Waals surface area contributed by atoms with Crippen molar-refractivity contribution in [3.8, 4) is 6.07 Å². The van der Waals surface area contributed by atoms with E-state index in [0.29, 0.717) is 5.69 Å². The van der Waals surface area contributed by atoms with Crippen LogP contribution in [0.25, 0.3) is 0 Å². The van der Waals surface area contributed by atoms with Gasteiger partial charge in [0.2, 0.25) is 10.0 Å². The number of nitrogens with zero attached hydrogens (tertiary/aromatic N) is 2. The van der Waals surface area contributed by atoms with Gasteiger partial charge >= 0.3 is 0 Å². The Morgan fingerprint density at radius 1 is 1.50 bits per heavy atom. The van der Waals surface area contributed by atoms with Crippen LogP contribution in [0.15, 0.2) is 28.6 Å². The van der Waals surface area contributed by atoms with Crippen molar-refractivity contribution in [1.82, 2.24) is 9.71 Å². The molecule has 0 saturated carbocycles. The molecule has 1 aromatic heterocycles. The maximum atomic E-state index is 12.2. The van der Waals surface area contributed by atoms with Crippen molar-refractivity contribution in [1.29, 1.82) is 5.26 Å². The van der Waals surface area contributed by atoms with Crippen molar-refractivity contribution < 1.29 is 8.42 Å². The molecule has 0 saturated heterocycles. The Bertz CT molecular complexity index is 775. The van der Waals surface area contributed by atoms with Crippen LogP contribution in [0, 0.1) is 18.3 Å². The fourth-order valence-electron chi connectivity index (χ4n) is 1.60. The van der Waals surface area contributed by atoms with E-state index in [2.05, 4.69) is 9.71 Å². The number of rotatable bonds is 4. The number of aryl methyl sites for hydroxylation is 1. The SMILES string of the molecule is Cc1ncsc1CNS(=O)(=O)c1ccc(N)cc1C#N. The molecule has 3 N–H and O–H groups in total. The molecule has 0 aliphatic heterocycles. The van der Waals surface area contributed by atoms with Gasteiger partial charge in [0.15, 0.2) is 0 Å². The molecule has 0 amide bonds. The number of hydrogen-bond acceptors (Lipinski definition) is 6. The predicted octanol–water partition coefficient (Wildman–Crippen LogP) is 1.38. The maximum Gasteiger partial charge on any atom is 0.242 e. The molecule has 0 aliphatic carbocycles. The highest BCUT2D eigenvalue weighted by atomic mass is 32.2. The average molecular weight is 308 g/mol. The third-order valence-corrected chi connectivity index (χ3v) is 5.08. The van der Waals surface area contributed by atoms with Gasteiger partial charge in [0.25, 0.3) is 0 Å². The summed E-state index contributed by atoms with van der Waals surface area (Å²) in [5, 5.41) is 9.00. The Morgan fingerprint density at radius 3 is 2.85 bits per heavy atom. The Hall–Kier alpha value is -1.95. The molecule has 0 aliphatic rings. The summed E-state index contributed by atoms with van der Waals surface area (Å²) in [5.41, 5.74) is 8.36. The smallest absolute Gasteiger partial charge is 0.242 e. The van der Waals surface area contributed by atoms with Gasteiger partial charge in [0.1, 0.15) is 6.07 Å². The van der Waals surface area contributed by atoms with Crippen LogP contribution in [0.2, 0.25) is 0 Å². The van der Waals surface area contributed by atoms with Gasteiger partial charge in [-0.3, -0.25) is 0 Å². The van der Waals surface area contributed by atoms with Gasteiger partial charge in [-0.05, 0) is 25.1 Å². The lowest BCUT2D eigenvalue weighted by Crippen LogP contribution is -2.24. The van der Waals surface area contributed by atoms with Crippen LogP contribution in [-0.4, -0.2) is 13.4 Å². The van der Waals surface area contributed by atoms with E-state index in [1.54, 1.807) is 5.51 Å². The molecule has 0 radical (unpaired) electrons. The molecule has 2 aromatic rings. The first-order valence-corrected chi connectivity index (χ1v) is 7.98. The lowest BCUT2D eigenvalue weighted by atomic mass is 10.2. The predicted molar refractivity (Wildman–Crippen MR) is 76.4 cm³/mol. The summed E-state index contributed by atoms with van der Waals surface area (Å²) < 4.78 is 26.9. The van der Waals surface area contributed by atoms with E-state index in [9.17, 15) is 8.42 Å². The number of nitrogens with two attached hydrogens (primary N) is 1. The first-order valence-electron chi connectivity index (χ1n) is 5.62. The number of aromatic nitrogens is 1. The van der Waals surface area contributed by atoms with E-state index in [1.807, 2.05) is 13.0 Å². The zero-order chi connectivity index (χ0) is 14.8. The molecule has 1 aromatic carbocycles. The first kappa shape index (κ1) is 14.5. The standard InChI is InChI=1S/C12H12N4O2S2/c1-8-11(19-7-15-8)6-16-20(17,18)12-3-2-10(14)4-9(12)5-13/h2-4,7,16H,6,14H2,1H3. The van der Waals surface area contributed by atoms with Gasteiger partial charge in [-0.1, -0.05) is 0 Å². The van der Waals surface area contributed by atoms with Crippen LogP contribution in [0.5, 0.6) is 0 Å². The highest BCUT2D eigenvalue weighted by Crippen LogP contribution is 2.19. The van der Waals surface area contributed by atoms with Crippen LogP contribution >= 0.6 is 11.3 Å².